The maximum absolute atomic E-state index is 13.0. The number of primary amides is 1. The minimum Gasteiger partial charge on any atom is -0.351 e. The number of imide groups is 1. The van der Waals surface area contributed by atoms with Gasteiger partial charge in [0.2, 0.25) is 5.95 Å². The second kappa shape index (κ2) is 3.71. The maximum atomic E-state index is 13.0. The molecular formula is C11H6F3N4O2. The minimum atomic E-state index is -4.93. The Hall–Kier alpha value is -2.58. The molecule has 0 bridgehead atoms. The van der Waals surface area contributed by atoms with E-state index in [1.54, 1.807) is 6.07 Å². The van der Waals surface area contributed by atoms with Crippen LogP contribution in [0.4, 0.5) is 23.9 Å². The van der Waals surface area contributed by atoms with Crippen molar-refractivity contribution in [3.63, 3.8) is 0 Å². The number of fused-ring (bicyclic) bond motifs is 3. The van der Waals surface area contributed by atoms with E-state index in [0.29, 0.717) is 4.57 Å². The Morgan fingerprint density at radius 1 is 1.25 bits per heavy atom. The molecule has 0 atom stereocenters. The second-order valence-corrected chi connectivity index (χ2v) is 4.06. The molecular weight excluding hydrogens is 277 g/mol. The number of imidazole rings is 1. The van der Waals surface area contributed by atoms with Gasteiger partial charge in [0.1, 0.15) is 0 Å². The Bertz CT molecular complexity index is 737. The van der Waals surface area contributed by atoms with Crippen LogP contribution in [0.5, 0.6) is 0 Å². The van der Waals surface area contributed by atoms with Crippen LogP contribution in [0.15, 0.2) is 24.3 Å². The van der Waals surface area contributed by atoms with E-state index in [1.165, 1.54) is 18.2 Å². The smallest absolute Gasteiger partial charge is 0.351 e. The fourth-order valence-electron chi connectivity index (χ4n) is 2.12. The summed E-state index contributed by atoms with van der Waals surface area (Å²) in [6, 6.07) is 3.11. The molecule has 20 heavy (non-hydrogen) atoms. The van der Waals surface area contributed by atoms with Gasteiger partial charge in [-0.15, -0.1) is 0 Å². The number of rotatable bonds is 0. The summed E-state index contributed by atoms with van der Waals surface area (Å²) in [6.45, 7) is 0. The van der Waals surface area contributed by atoms with Gasteiger partial charge in [-0.3, -0.25) is 9.36 Å². The van der Waals surface area contributed by atoms with Crippen LogP contribution in [0.3, 0.4) is 0 Å². The van der Waals surface area contributed by atoms with Crippen molar-refractivity contribution in [1.29, 1.82) is 0 Å². The lowest BCUT2D eigenvalue weighted by molar-refractivity contribution is -0.140. The number of para-hydroxylation sites is 2. The van der Waals surface area contributed by atoms with Gasteiger partial charge in [0.05, 0.1) is 11.0 Å². The Morgan fingerprint density at radius 3 is 2.50 bits per heavy atom. The predicted octanol–water partition coefficient (Wildman–Crippen LogP) is 1.40. The first-order valence-electron chi connectivity index (χ1n) is 5.38. The van der Waals surface area contributed by atoms with Crippen molar-refractivity contribution in [2.45, 2.75) is 6.18 Å². The van der Waals surface area contributed by atoms with Gasteiger partial charge >= 0.3 is 12.2 Å². The third kappa shape index (κ3) is 1.49. The van der Waals surface area contributed by atoms with Crippen LogP contribution in [0.2, 0.25) is 0 Å². The summed E-state index contributed by atoms with van der Waals surface area (Å²) in [6.07, 6.45) is -4.93. The number of halogens is 3. The van der Waals surface area contributed by atoms with Gasteiger partial charge in [-0.25, -0.2) is 9.78 Å². The number of nitrogens with zero attached hydrogens (tertiary/aromatic N) is 3. The molecule has 0 spiro atoms. The molecule has 0 saturated heterocycles. The predicted molar refractivity (Wildman–Crippen MR) is 61.5 cm³/mol. The molecule has 9 heteroatoms. The van der Waals surface area contributed by atoms with Gasteiger partial charge in [0.15, 0.2) is 0 Å². The fourth-order valence-corrected chi connectivity index (χ4v) is 2.12. The van der Waals surface area contributed by atoms with Crippen molar-refractivity contribution in [1.82, 2.24) is 9.55 Å². The molecule has 1 radical (unpaired) electrons. The highest BCUT2D eigenvalue weighted by Gasteiger charge is 2.57. The van der Waals surface area contributed by atoms with Gasteiger partial charge in [0, 0.05) is 0 Å². The molecule has 2 aromatic rings. The average Bonchev–Trinajstić information content (AvgIpc) is 2.80. The number of amides is 3. The van der Waals surface area contributed by atoms with Gasteiger partial charge in [0.25, 0.3) is 11.9 Å². The molecule has 1 aliphatic rings. The molecule has 1 aliphatic heterocycles. The summed E-state index contributed by atoms with van der Waals surface area (Å²) in [5.74, 6) is -1.98. The molecule has 2 N–H and O–H groups in total. The lowest BCUT2D eigenvalue weighted by atomic mass is 10.2. The summed E-state index contributed by atoms with van der Waals surface area (Å²) in [5.41, 5.74) is 5.26. The maximum Gasteiger partial charge on any atom is 0.424 e. The first-order chi connectivity index (χ1) is 9.32. The number of alkyl halides is 3. The highest BCUT2D eigenvalue weighted by molar-refractivity contribution is 6.22. The number of hydrogen-bond acceptors (Lipinski definition) is 3. The lowest BCUT2D eigenvalue weighted by Gasteiger charge is -2.14. The highest BCUT2D eigenvalue weighted by atomic mass is 19.4. The summed E-state index contributed by atoms with van der Waals surface area (Å²) in [4.78, 5) is 27.0. The molecule has 1 aromatic heterocycles. The van der Waals surface area contributed by atoms with Crippen LogP contribution in [-0.4, -0.2) is 27.7 Å². The number of nitrogens with two attached hydrogens (primary N) is 1. The van der Waals surface area contributed by atoms with Crippen molar-refractivity contribution in [3.05, 3.63) is 30.3 Å². The first kappa shape index (κ1) is 12.5. The van der Waals surface area contributed by atoms with Gasteiger partial charge in [-0.1, -0.05) is 12.1 Å². The molecule has 6 nitrogen and oxygen atoms in total. The molecule has 0 unspecified atom stereocenters. The van der Waals surface area contributed by atoms with Crippen LogP contribution in [0.1, 0.15) is 0 Å². The zero-order chi connectivity index (χ0) is 14.7. The van der Waals surface area contributed by atoms with Crippen LogP contribution < -0.4 is 10.6 Å². The Kier molecular flexibility index (Phi) is 2.31. The van der Waals surface area contributed by atoms with Crippen molar-refractivity contribution < 1.29 is 22.8 Å². The molecule has 0 saturated carbocycles. The minimum absolute atomic E-state index is 0.0759. The summed E-state index contributed by atoms with van der Waals surface area (Å²) >= 11 is 0. The SMILES string of the molecule is NC(=O)N1C(=O)[C](C(F)(F)F)n2c1nc1ccccc12. The third-order valence-electron chi connectivity index (χ3n) is 2.86. The van der Waals surface area contributed by atoms with Crippen LogP contribution in [-0.2, 0) is 4.79 Å². The Labute approximate surface area is 109 Å². The van der Waals surface area contributed by atoms with Gasteiger partial charge in [-0.05, 0) is 12.1 Å². The zero-order valence-electron chi connectivity index (χ0n) is 9.68. The molecule has 103 valence electrons. The summed E-state index contributed by atoms with van der Waals surface area (Å²) in [7, 11) is 0. The van der Waals surface area contributed by atoms with Crippen molar-refractivity contribution in [2.75, 3.05) is 4.90 Å². The quantitative estimate of drug-likeness (QED) is 0.793. The molecule has 3 amide bonds. The van der Waals surface area contributed by atoms with E-state index in [-0.39, 0.29) is 15.9 Å². The number of carbonyl (C=O) groups is 2. The van der Waals surface area contributed by atoms with Crippen LogP contribution in [0.25, 0.3) is 11.0 Å². The number of urea groups is 1. The topological polar surface area (TPSA) is 81.2 Å². The number of aromatic nitrogens is 2. The van der Waals surface area contributed by atoms with Crippen molar-refractivity contribution in [3.8, 4) is 0 Å². The molecule has 2 heterocycles. The highest BCUT2D eigenvalue weighted by Crippen LogP contribution is 2.42. The average molecular weight is 283 g/mol. The molecule has 3 rings (SSSR count). The van der Waals surface area contributed by atoms with Crippen LogP contribution in [0, 0.1) is 6.04 Å². The Balaban J connectivity index is 2.34. The zero-order valence-corrected chi connectivity index (χ0v) is 9.68. The normalized spacial score (nSPS) is 15.9. The Morgan fingerprint density at radius 2 is 1.90 bits per heavy atom. The van der Waals surface area contributed by atoms with Crippen molar-refractivity contribution >= 4 is 28.9 Å². The monoisotopic (exact) mass is 283 g/mol. The van der Waals surface area contributed by atoms with E-state index in [1.807, 2.05) is 0 Å². The van der Waals surface area contributed by atoms with Gasteiger partial charge in [-0.2, -0.15) is 18.1 Å². The summed E-state index contributed by atoms with van der Waals surface area (Å²) in [5, 5.41) is 0. The number of anilines is 1. The van der Waals surface area contributed by atoms with E-state index in [2.05, 4.69) is 4.98 Å². The molecule has 0 aliphatic carbocycles. The van der Waals surface area contributed by atoms with E-state index < -0.39 is 30.1 Å². The van der Waals surface area contributed by atoms with E-state index in [0.717, 1.165) is 0 Å². The van der Waals surface area contributed by atoms with E-state index in [4.69, 9.17) is 5.73 Å². The van der Waals surface area contributed by atoms with Crippen molar-refractivity contribution in [2.24, 2.45) is 5.73 Å². The summed E-state index contributed by atoms with van der Waals surface area (Å²) < 4.78 is 39.7. The third-order valence-corrected chi connectivity index (χ3v) is 2.86. The molecule has 0 fully saturated rings. The van der Waals surface area contributed by atoms with E-state index in [9.17, 15) is 22.8 Å². The van der Waals surface area contributed by atoms with Gasteiger partial charge < -0.3 is 5.73 Å². The fraction of sp³-hybridized carbons (Fsp3) is 0.0909. The van der Waals surface area contributed by atoms with Crippen LogP contribution >= 0.6 is 0 Å². The second-order valence-electron chi connectivity index (χ2n) is 4.06. The van der Waals surface area contributed by atoms with E-state index >= 15 is 0 Å². The molecule has 1 aromatic carbocycles. The standard InChI is InChI=1S/C11H6F3N4O2/c12-11(13,14)7-8(19)18(9(15)20)10-16-5-3-1-2-4-6(5)17(7)10/h1-4H,(H2,15,20). The number of hydrogen-bond donors (Lipinski definition) is 1. The lowest BCUT2D eigenvalue weighted by Crippen LogP contribution is -2.42. The largest absolute Gasteiger partial charge is 0.424 e. The number of carbonyl (C=O) groups excluding carboxylic acids is 2. The number of benzene rings is 1. The first-order valence-corrected chi connectivity index (χ1v) is 5.38.